The van der Waals surface area contributed by atoms with Gasteiger partial charge in [-0.3, -0.25) is 0 Å². The summed E-state index contributed by atoms with van der Waals surface area (Å²) >= 11 is 0. The Bertz CT molecular complexity index is 576. The lowest BCUT2D eigenvalue weighted by atomic mass is 10.0. The third-order valence-corrected chi connectivity index (χ3v) is 8.35. The number of nitrogens with zero attached hydrogens (tertiary/aromatic N) is 2. The molecule has 0 aromatic carbocycles. The molecule has 0 unspecified atom stereocenters. The minimum Gasteiger partial charge on any atom is -0.234 e. The molecular formula is C35H69N2+. The second-order valence-corrected chi connectivity index (χ2v) is 12.0. The van der Waals surface area contributed by atoms with Crippen LogP contribution < -0.4 is 4.57 Å². The van der Waals surface area contributed by atoms with E-state index in [-0.39, 0.29) is 0 Å². The molecule has 2 heteroatoms. The van der Waals surface area contributed by atoms with Crippen molar-refractivity contribution in [2.24, 2.45) is 0 Å². The third kappa shape index (κ3) is 19.9. The summed E-state index contributed by atoms with van der Waals surface area (Å²) in [4.78, 5) is 0. The van der Waals surface area contributed by atoms with E-state index in [0.29, 0.717) is 0 Å². The summed E-state index contributed by atoms with van der Waals surface area (Å²) in [5, 5.41) is 0. The molecule has 1 aromatic rings. The third-order valence-electron chi connectivity index (χ3n) is 8.35. The molecule has 1 aromatic heterocycles. The Morgan fingerprint density at radius 3 is 1.30 bits per heavy atom. The zero-order chi connectivity index (χ0) is 26.7. The van der Waals surface area contributed by atoms with E-state index in [9.17, 15) is 0 Å². The lowest BCUT2D eigenvalue weighted by Crippen LogP contribution is -2.37. The first-order chi connectivity index (χ1) is 18.3. The highest BCUT2D eigenvalue weighted by Gasteiger charge is 2.16. The van der Waals surface area contributed by atoms with E-state index in [1.54, 1.807) is 5.82 Å². The van der Waals surface area contributed by atoms with E-state index in [1.807, 2.05) is 0 Å². The van der Waals surface area contributed by atoms with Gasteiger partial charge in [0.05, 0.1) is 13.1 Å². The van der Waals surface area contributed by atoms with Crippen molar-refractivity contribution in [1.29, 1.82) is 0 Å². The van der Waals surface area contributed by atoms with Crippen molar-refractivity contribution >= 4 is 0 Å². The van der Waals surface area contributed by atoms with Gasteiger partial charge in [-0.1, -0.05) is 156 Å². The number of hydrogen-bond donors (Lipinski definition) is 0. The molecular weight excluding hydrogens is 448 g/mol. The molecule has 37 heavy (non-hydrogen) atoms. The van der Waals surface area contributed by atoms with Crippen LogP contribution in [0.1, 0.15) is 194 Å². The Kier molecular flexibility index (Phi) is 24.8. The van der Waals surface area contributed by atoms with Gasteiger partial charge in [0.2, 0.25) is 0 Å². The van der Waals surface area contributed by atoms with Crippen molar-refractivity contribution < 1.29 is 4.57 Å². The number of aryl methyl sites for hydroxylation is 2. The largest absolute Gasteiger partial charge is 0.256 e. The van der Waals surface area contributed by atoms with Crippen molar-refractivity contribution in [2.75, 3.05) is 0 Å². The number of imidazole rings is 1. The maximum atomic E-state index is 2.60. The van der Waals surface area contributed by atoms with E-state index >= 15 is 0 Å². The number of rotatable bonds is 29. The van der Waals surface area contributed by atoms with Gasteiger partial charge in [0.1, 0.15) is 12.4 Å². The van der Waals surface area contributed by atoms with Crippen LogP contribution >= 0.6 is 0 Å². The predicted molar refractivity (Wildman–Crippen MR) is 165 cm³/mol. The van der Waals surface area contributed by atoms with Crippen LogP contribution in [0.4, 0.5) is 0 Å². The van der Waals surface area contributed by atoms with Crippen molar-refractivity contribution in [3.63, 3.8) is 0 Å². The van der Waals surface area contributed by atoms with E-state index in [2.05, 4.69) is 42.3 Å². The molecule has 0 amide bonds. The zero-order valence-electron chi connectivity index (χ0n) is 26.1. The SMILES string of the molecule is CCCCCCCCCCCCCCCn1cc[n+](CCCCCCCCCCCC)c1CCCCC. The molecule has 1 heterocycles. The highest BCUT2D eigenvalue weighted by Crippen LogP contribution is 2.14. The topological polar surface area (TPSA) is 8.81 Å². The van der Waals surface area contributed by atoms with E-state index < -0.39 is 0 Å². The Hall–Kier alpha value is -0.790. The summed E-state index contributed by atoms with van der Waals surface area (Å²) < 4.78 is 5.20. The van der Waals surface area contributed by atoms with Crippen LogP contribution in [0.25, 0.3) is 0 Å². The molecule has 0 bridgehead atoms. The maximum Gasteiger partial charge on any atom is 0.256 e. The second-order valence-electron chi connectivity index (χ2n) is 12.0. The Morgan fingerprint density at radius 2 is 0.838 bits per heavy atom. The van der Waals surface area contributed by atoms with Crippen LogP contribution in [0.2, 0.25) is 0 Å². The molecule has 0 atom stereocenters. The van der Waals surface area contributed by atoms with Crippen molar-refractivity contribution in [3.05, 3.63) is 18.2 Å². The zero-order valence-corrected chi connectivity index (χ0v) is 26.1. The molecule has 0 spiro atoms. The number of unbranched alkanes of at least 4 members (excludes halogenated alkanes) is 23. The number of aromatic nitrogens is 2. The van der Waals surface area contributed by atoms with E-state index in [1.165, 1.54) is 186 Å². The summed E-state index contributed by atoms with van der Waals surface area (Å²) in [5.41, 5.74) is 0. The fourth-order valence-corrected chi connectivity index (χ4v) is 5.80. The van der Waals surface area contributed by atoms with Crippen molar-refractivity contribution in [3.8, 4) is 0 Å². The van der Waals surface area contributed by atoms with Crippen LogP contribution in [-0.4, -0.2) is 4.57 Å². The Morgan fingerprint density at radius 1 is 0.459 bits per heavy atom. The quantitative estimate of drug-likeness (QED) is 0.0737. The minimum atomic E-state index is 1.23. The fraction of sp³-hybridized carbons (Fsp3) is 0.914. The number of hydrogen-bond acceptors (Lipinski definition) is 0. The van der Waals surface area contributed by atoms with Crippen LogP contribution in [0.5, 0.6) is 0 Å². The van der Waals surface area contributed by atoms with Crippen LogP contribution in [0, 0.1) is 0 Å². The molecule has 0 aliphatic carbocycles. The highest BCUT2D eigenvalue weighted by atomic mass is 15.1. The first-order valence-corrected chi connectivity index (χ1v) is 17.4. The minimum absolute atomic E-state index is 1.23. The van der Waals surface area contributed by atoms with Gasteiger partial charge in [0, 0.05) is 6.42 Å². The monoisotopic (exact) mass is 518 g/mol. The summed E-state index contributed by atoms with van der Waals surface area (Å²) in [6.07, 6.45) is 43.0. The molecule has 0 aliphatic rings. The van der Waals surface area contributed by atoms with Crippen LogP contribution in [-0.2, 0) is 19.5 Å². The molecule has 0 radical (unpaired) electrons. The second kappa shape index (κ2) is 26.8. The molecule has 218 valence electrons. The summed E-state index contributed by atoms with van der Waals surface area (Å²) in [6, 6.07) is 0. The predicted octanol–water partition coefficient (Wildman–Crippen LogP) is 11.5. The Labute approximate surface area is 234 Å². The molecule has 0 saturated carbocycles. The molecule has 0 saturated heterocycles. The molecule has 2 nitrogen and oxygen atoms in total. The fourth-order valence-electron chi connectivity index (χ4n) is 5.80. The normalized spacial score (nSPS) is 11.5. The van der Waals surface area contributed by atoms with Crippen LogP contribution in [0.15, 0.2) is 12.4 Å². The van der Waals surface area contributed by atoms with E-state index in [0.717, 1.165) is 0 Å². The highest BCUT2D eigenvalue weighted by molar-refractivity contribution is 4.84. The molecule has 1 rings (SSSR count). The smallest absolute Gasteiger partial charge is 0.234 e. The summed E-state index contributed by atoms with van der Waals surface area (Å²) in [5.74, 6) is 1.60. The first kappa shape index (κ1) is 34.2. The molecule has 0 aliphatic heterocycles. The van der Waals surface area contributed by atoms with Crippen molar-refractivity contribution in [1.82, 2.24) is 4.57 Å². The average Bonchev–Trinajstić information content (AvgIpc) is 3.29. The lowest BCUT2D eigenvalue weighted by Gasteiger charge is -2.07. The first-order valence-electron chi connectivity index (χ1n) is 17.4. The van der Waals surface area contributed by atoms with Gasteiger partial charge in [0.15, 0.2) is 0 Å². The Balaban J connectivity index is 2.17. The van der Waals surface area contributed by atoms with Gasteiger partial charge >= 0.3 is 0 Å². The van der Waals surface area contributed by atoms with Gasteiger partial charge in [0.25, 0.3) is 5.82 Å². The summed E-state index contributed by atoms with van der Waals surface area (Å²) in [7, 11) is 0. The maximum absolute atomic E-state index is 2.60. The van der Waals surface area contributed by atoms with Gasteiger partial charge in [-0.05, 0) is 32.1 Å². The average molecular weight is 518 g/mol. The van der Waals surface area contributed by atoms with Gasteiger partial charge < -0.3 is 0 Å². The van der Waals surface area contributed by atoms with Crippen LogP contribution in [0.3, 0.4) is 0 Å². The molecule has 0 N–H and O–H groups in total. The van der Waals surface area contributed by atoms with Gasteiger partial charge in [-0.25, -0.2) is 9.13 Å². The summed E-state index contributed by atoms with van der Waals surface area (Å²) in [6.45, 7) is 9.39. The van der Waals surface area contributed by atoms with Crippen molar-refractivity contribution in [2.45, 2.75) is 207 Å². The van der Waals surface area contributed by atoms with E-state index in [4.69, 9.17) is 0 Å². The standard InChI is InChI=1S/C35H69N2/c1-4-7-10-12-14-16-18-19-20-22-24-26-29-32-37-34-33-36(35(37)30-27-9-6-3)31-28-25-23-21-17-15-13-11-8-5-2/h33-34H,4-32H2,1-3H3/q+1. The molecule has 0 fully saturated rings. The van der Waals surface area contributed by atoms with Gasteiger partial charge in [-0.15, -0.1) is 0 Å². The lowest BCUT2D eigenvalue weighted by molar-refractivity contribution is -0.704. The van der Waals surface area contributed by atoms with Gasteiger partial charge in [-0.2, -0.15) is 0 Å².